The van der Waals surface area contributed by atoms with Gasteiger partial charge in [-0.25, -0.2) is 4.39 Å². The van der Waals surface area contributed by atoms with Gasteiger partial charge >= 0.3 is 6.18 Å². The highest BCUT2D eigenvalue weighted by atomic mass is 19.4. The lowest BCUT2D eigenvalue weighted by Crippen LogP contribution is -2.33. The molecule has 0 aliphatic heterocycles. The van der Waals surface area contributed by atoms with Gasteiger partial charge < -0.3 is 10.3 Å². The van der Waals surface area contributed by atoms with Crippen molar-refractivity contribution >= 4 is 16.8 Å². The molecule has 1 amide bonds. The Bertz CT molecular complexity index is 588. The Kier molecular flexibility index (Phi) is 2.98. The number of aromatic nitrogens is 1. The summed E-state index contributed by atoms with van der Waals surface area (Å²) >= 11 is 0. The second kappa shape index (κ2) is 4.32. The Balaban J connectivity index is 2.18. The summed E-state index contributed by atoms with van der Waals surface area (Å²) < 4.78 is 48.6. The number of nitrogens with one attached hydrogen (secondary N) is 2. The van der Waals surface area contributed by atoms with Crippen LogP contribution in [0.15, 0.2) is 24.3 Å². The molecule has 1 aromatic carbocycles. The second-order valence-corrected chi connectivity index (χ2v) is 3.71. The summed E-state index contributed by atoms with van der Waals surface area (Å²) in [6.45, 7) is -1.41. The second-order valence-electron chi connectivity index (χ2n) is 3.71. The van der Waals surface area contributed by atoms with Gasteiger partial charge in [0.2, 0.25) is 0 Å². The first-order valence-electron chi connectivity index (χ1n) is 4.98. The zero-order chi connectivity index (χ0) is 13.3. The molecule has 0 fully saturated rings. The molecule has 0 saturated heterocycles. The summed E-state index contributed by atoms with van der Waals surface area (Å²) in [5, 5.41) is 2.15. The summed E-state index contributed by atoms with van der Waals surface area (Å²) in [6, 6.07) is 5.08. The van der Waals surface area contributed by atoms with Crippen LogP contribution in [0.2, 0.25) is 0 Å². The number of halogens is 4. The average molecular weight is 260 g/mol. The lowest BCUT2D eigenvalue weighted by Gasteiger charge is -2.06. The van der Waals surface area contributed by atoms with E-state index in [0.29, 0.717) is 10.9 Å². The Hall–Kier alpha value is -2.05. The molecule has 1 heterocycles. The standard InChI is InChI=1S/C11H8F4N2O/c12-7-1-2-8-6(3-7)4-9(17-8)10(18)16-5-11(13,14)15/h1-4,17H,5H2,(H,16,18). The molecule has 0 aliphatic rings. The predicted molar refractivity (Wildman–Crippen MR) is 56.6 cm³/mol. The fraction of sp³-hybridized carbons (Fsp3) is 0.182. The van der Waals surface area contributed by atoms with Crippen molar-refractivity contribution in [3.63, 3.8) is 0 Å². The molecule has 0 spiro atoms. The zero-order valence-electron chi connectivity index (χ0n) is 8.94. The van der Waals surface area contributed by atoms with Gasteiger partial charge in [0.15, 0.2) is 0 Å². The van der Waals surface area contributed by atoms with Crippen molar-refractivity contribution in [2.24, 2.45) is 0 Å². The maximum absolute atomic E-state index is 12.9. The van der Waals surface area contributed by atoms with Crippen molar-refractivity contribution in [1.82, 2.24) is 10.3 Å². The van der Waals surface area contributed by atoms with E-state index in [2.05, 4.69) is 4.98 Å². The van der Waals surface area contributed by atoms with Crippen LogP contribution in [0.5, 0.6) is 0 Å². The minimum Gasteiger partial charge on any atom is -0.351 e. The van der Waals surface area contributed by atoms with Crippen LogP contribution in [0.25, 0.3) is 10.9 Å². The molecule has 18 heavy (non-hydrogen) atoms. The first kappa shape index (κ1) is 12.4. The van der Waals surface area contributed by atoms with E-state index in [1.165, 1.54) is 24.3 Å². The summed E-state index contributed by atoms with van der Waals surface area (Å²) in [4.78, 5) is 14.0. The number of hydrogen-bond acceptors (Lipinski definition) is 1. The fourth-order valence-corrected chi connectivity index (χ4v) is 1.50. The van der Waals surface area contributed by atoms with E-state index in [0.717, 1.165) is 0 Å². The molecular formula is C11H8F4N2O. The summed E-state index contributed by atoms with van der Waals surface area (Å²) in [7, 11) is 0. The van der Waals surface area contributed by atoms with Gasteiger partial charge in [0, 0.05) is 10.9 Å². The summed E-state index contributed by atoms with van der Waals surface area (Å²) in [5.74, 6) is -1.37. The Labute approximate surface area is 98.8 Å². The van der Waals surface area contributed by atoms with Gasteiger partial charge in [-0.05, 0) is 24.3 Å². The molecule has 96 valence electrons. The number of carbonyl (C=O) groups excluding carboxylic acids is 1. The molecule has 3 nitrogen and oxygen atoms in total. The summed E-state index contributed by atoms with van der Waals surface area (Å²) in [6.07, 6.45) is -4.46. The normalized spacial score (nSPS) is 11.8. The predicted octanol–water partition coefficient (Wildman–Crippen LogP) is 2.60. The van der Waals surface area contributed by atoms with E-state index in [1.54, 1.807) is 5.32 Å². The smallest absolute Gasteiger partial charge is 0.351 e. The van der Waals surface area contributed by atoms with Crippen molar-refractivity contribution in [1.29, 1.82) is 0 Å². The highest BCUT2D eigenvalue weighted by Crippen LogP contribution is 2.17. The van der Waals surface area contributed by atoms with Crippen LogP contribution in [-0.2, 0) is 0 Å². The van der Waals surface area contributed by atoms with E-state index in [-0.39, 0.29) is 5.69 Å². The van der Waals surface area contributed by atoms with Gasteiger partial charge in [-0.15, -0.1) is 0 Å². The Morgan fingerprint density at radius 3 is 2.67 bits per heavy atom. The number of benzene rings is 1. The molecular weight excluding hydrogens is 252 g/mol. The first-order valence-corrected chi connectivity index (χ1v) is 4.98. The number of carbonyl (C=O) groups is 1. The third-order valence-electron chi connectivity index (χ3n) is 2.28. The van der Waals surface area contributed by atoms with Gasteiger partial charge in [0.1, 0.15) is 18.1 Å². The van der Waals surface area contributed by atoms with E-state index in [4.69, 9.17) is 0 Å². The molecule has 7 heteroatoms. The molecule has 0 radical (unpaired) electrons. The van der Waals surface area contributed by atoms with Crippen LogP contribution in [0.3, 0.4) is 0 Å². The van der Waals surface area contributed by atoms with Crippen molar-refractivity contribution in [2.45, 2.75) is 6.18 Å². The molecule has 0 aliphatic carbocycles. The van der Waals surface area contributed by atoms with E-state index < -0.39 is 24.4 Å². The van der Waals surface area contributed by atoms with Gasteiger partial charge in [-0.3, -0.25) is 4.79 Å². The number of alkyl halides is 3. The van der Waals surface area contributed by atoms with Crippen LogP contribution in [0, 0.1) is 5.82 Å². The molecule has 0 saturated carbocycles. The SMILES string of the molecule is O=C(NCC(F)(F)F)c1cc2cc(F)ccc2[nH]1. The zero-order valence-corrected chi connectivity index (χ0v) is 8.94. The maximum atomic E-state index is 12.9. The molecule has 0 unspecified atom stereocenters. The molecule has 2 aromatic rings. The number of fused-ring (bicyclic) bond motifs is 1. The molecule has 2 rings (SSSR count). The largest absolute Gasteiger partial charge is 0.405 e. The number of H-pyrrole nitrogens is 1. The van der Waals surface area contributed by atoms with Crippen LogP contribution in [-0.4, -0.2) is 23.6 Å². The fourth-order valence-electron chi connectivity index (χ4n) is 1.50. The Morgan fingerprint density at radius 1 is 1.28 bits per heavy atom. The third kappa shape index (κ3) is 2.79. The average Bonchev–Trinajstić information content (AvgIpc) is 2.67. The molecule has 0 bridgehead atoms. The molecule has 1 aromatic heterocycles. The van der Waals surface area contributed by atoms with Crippen molar-refractivity contribution in [3.8, 4) is 0 Å². The van der Waals surface area contributed by atoms with Gasteiger partial charge in [0.25, 0.3) is 5.91 Å². The van der Waals surface area contributed by atoms with Crippen molar-refractivity contribution in [3.05, 3.63) is 35.8 Å². The van der Waals surface area contributed by atoms with E-state index in [1.807, 2.05) is 0 Å². The lowest BCUT2D eigenvalue weighted by atomic mass is 10.2. The van der Waals surface area contributed by atoms with Crippen molar-refractivity contribution < 1.29 is 22.4 Å². The Morgan fingerprint density at radius 2 is 2.00 bits per heavy atom. The minimum absolute atomic E-state index is 0.0418. The monoisotopic (exact) mass is 260 g/mol. The minimum atomic E-state index is -4.46. The van der Waals surface area contributed by atoms with Crippen LogP contribution in [0.4, 0.5) is 17.6 Å². The van der Waals surface area contributed by atoms with Crippen LogP contribution in [0.1, 0.15) is 10.5 Å². The summed E-state index contributed by atoms with van der Waals surface area (Å²) in [5.41, 5.74) is 0.438. The van der Waals surface area contributed by atoms with Gasteiger partial charge in [0.05, 0.1) is 0 Å². The quantitative estimate of drug-likeness (QED) is 0.801. The van der Waals surface area contributed by atoms with Gasteiger partial charge in [-0.2, -0.15) is 13.2 Å². The molecule has 2 N–H and O–H groups in total. The van der Waals surface area contributed by atoms with Crippen LogP contribution >= 0.6 is 0 Å². The topological polar surface area (TPSA) is 44.9 Å². The lowest BCUT2D eigenvalue weighted by molar-refractivity contribution is -0.123. The molecule has 0 atom stereocenters. The number of amides is 1. The highest BCUT2D eigenvalue weighted by Gasteiger charge is 2.28. The number of aromatic amines is 1. The van der Waals surface area contributed by atoms with E-state index >= 15 is 0 Å². The van der Waals surface area contributed by atoms with Crippen molar-refractivity contribution in [2.75, 3.05) is 6.54 Å². The number of hydrogen-bond donors (Lipinski definition) is 2. The van der Waals surface area contributed by atoms with E-state index in [9.17, 15) is 22.4 Å². The van der Waals surface area contributed by atoms with Crippen LogP contribution < -0.4 is 5.32 Å². The first-order chi connectivity index (χ1) is 8.35. The maximum Gasteiger partial charge on any atom is 0.405 e. The highest BCUT2D eigenvalue weighted by molar-refractivity contribution is 5.98. The third-order valence-corrected chi connectivity index (χ3v) is 2.28. The van der Waals surface area contributed by atoms with Gasteiger partial charge in [-0.1, -0.05) is 0 Å². The number of rotatable bonds is 2.